The second kappa shape index (κ2) is 27.4. The van der Waals surface area contributed by atoms with Gasteiger partial charge in [-0.25, -0.2) is 0 Å². The van der Waals surface area contributed by atoms with Crippen LogP contribution in [0.3, 0.4) is 0 Å². The quantitative estimate of drug-likeness (QED) is 0.125. The van der Waals surface area contributed by atoms with Gasteiger partial charge in [0.15, 0.2) is 0 Å². The number of benzene rings is 2. The Balaban J connectivity index is 0. The van der Waals surface area contributed by atoms with Crippen LogP contribution in [0.5, 0.6) is 0 Å². The van der Waals surface area contributed by atoms with E-state index in [1.54, 1.807) is 36.9 Å². The van der Waals surface area contributed by atoms with Crippen LogP contribution >= 0.6 is 0 Å². The van der Waals surface area contributed by atoms with Crippen LogP contribution in [0, 0.1) is 27.2 Å². The largest absolute Gasteiger partial charge is 0.356 e. The topological polar surface area (TPSA) is 211 Å². The zero-order valence-electron chi connectivity index (χ0n) is 24.7. The molecule has 0 atom stereocenters. The van der Waals surface area contributed by atoms with E-state index in [1.165, 1.54) is 23.6 Å². The van der Waals surface area contributed by atoms with Crippen molar-refractivity contribution in [2.24, 2.45) is 0 Å². The van der Waals surface area contributed by atoms with Crippen LogP contribution in [0.2, 0.25) is 0 Å². The van der Waals surface area contributed by atoms with E-state index < -0.39 is 10.2 Å². The summed E-state index contributed by atoms with van der Waals surface area (Å²) in [5.74, 6) is -0.0192. The van der Waals surface area contributed by atoms with Crippen molar-refractivity contribution in [1.82, 2.24) is 20.6 Å². The average molecular weight is 672 g/mol. The van der Waals surface area contributed by atoms with Crippen molar-refractivity contribution in [3.63, 3.8) is 0 Å². The molecule has 45 heavy (non-hydrogen) atoms. The fourth-order valence-corrected chi connectivity index (χ4v) is 3.02. The Hall–Kier alpha value is -5.40. The fraction of sp³-hybridized carbons (Fsp3) is 0.200. The molecule has 0 spiro atoms. The van der Waals surface area contributed by atoms with Crippen LogP contribution < -0.4 is 10.6 Å². The molecule has 0 bridgehead atoms. The zero-order valence-corrected chi connectivity index (χ0v) is 25.6. The molecule has 245 valence electrons. The number of nitrogens with one attached hydrogen (secondary N) is 2. The molecule has 2 aromatic carbocycles. The van der Waals surface area contributed by atoms with Crippen molar-refractivity contribution in [2.75, 3.05) is 13.1 Å². The van der Waals surface area contributed by atoms with Gasteiger partial charge in [0.2, 0.25) is 5.91 Å². The molecule has 0 fully saturated rings. The van der Waals surface area contributed by atoms with Gasteiger partial charge in [0.05, 0.1) is 0 Å². The van der Waals surface area contributed by atoms with E-state index >= 15 is 0 Å². The molecule has 0 saturated heterocycles. The van der Waals surface area contributed by atoms with Gasteiger partial charge in [-0.05, 0) is 60.7 Å². The van der Waals surface area contributed by atoms with Gasteiger partial charge in [-0.1, -0.05) is 60.7 Å². The van der Waals surface area contributed by atoms with Gasteiger partial charge < -0.3 is 21.0 Å². The summed E-state index contributed by atoms with van der Waals surface area (Å²) >= 11 is 0. The Morgan fingerprint density at radius 2 is 1.04 bits per heavy atom. The molecule has 0 saturated carbocycles. The molecular weight excluding hydrogens is 636 g/mol. The average Bonchev–Trinajstić information content (AvgIpc) is 2.99. The zero-order chi connectivity index (χ0) is 33.0. The van der Waals surface area contributed by atoms with Gasteiger partial charge in [0.25, 0.3) is 16.1 Å². The monoisotopic (exact) mass is 671 g/mol. The number of hydrogen-bond donors (Lipinski definition) is 4. The third kappa shape index (κ3) is 28.5. The molecule has 4 rings (SSSR count). The predicted molar refractivity (Wildman–Crippen MR) is 162 cm³/mol. The van der Waals surface area contributed by atoms with E-state index in [1.807, 2.05) is 55.5 Å². The molecular formula is C30H36CuN6O8. The van der Waals surface area contributed by atoms with E-state index in [0.717, 1.165) is 19.4 Å². The SMILES string of the molecule is CC(=O)NCCc1ccccc1.Cc1ccncc1.O=C(NCCc1ccccc1)c1ccncc1.O=[N+]([O-])O.O=[N+]([O-])O.[Cu]. The van der Waals surface area contributed by atoms with Crippen molar-refractivity contribution >= 4 is 11.8 Å². The van der Waals surface area contributed by atoms with Gasteiger partial charge in [-0.2, -0.15) is 0 Å². The molecule has 0 aliphatic rings. The van der Waals surface area contributed by atoms with Crippen molar-refractivity contribution in [3.8, 4) is 0 Å². The molecule has 0 aliphatic heterocycles. The van der Waals surface area contributed by atoms with Gasteiger partial charge in [0, 0.05) is 67.4 Å². The summed E-state index contributed by atoms with van der Waals surface area (Å²) in [6.07, 6.45) is 8.56. The van der Waals surface area contributed by atoms with Crippen LogP contribution in [-0.4, -0.2) is 55.5 Å². The smallest absolute Gasteiger partial charge is 0.291 e. The predicted octanol–water partition coefficient (Wildman–Crippen LogP) is 4.11. The van der Waals surface area contributed by atoms with Crippen molar-refractivity contribution in [2.45, 2.75) is 26.7 Å². The minimum atomic E-state index is -1.50. The van der Waals surface area contributed by atoms with Crippen LogP contribution in [0.1, 0.15) is 34.0 Å². The minimum Gasteiger partial charge on any atom is -0.356 e. The number of carbonyl (C=O) groups excluding carboxylic acids is 2. The van der Waals surface area contributed by atoms with E-state index in [0.29, 0.717) is 12.1 Å². The number of carbonyl (C=O) groups is 2. The summed E-state index contributed by atoms with van der Waals surface area (Å²) in [6.45, 7) is 4.94. The normalized spacial score (nSPS) is 8.67. The maximum absolute atomic E-state index is 11.7. The second-order valence-corrected chi connectivity index (χ2v) is 8.45. The Labute approximate surface area is 271 Å². The third-order valence-electron chi connectivity index (χ3n) is 4.96. The third-order valence-corrected chi connectivity index (χ3v) is 4.96. The Bertz CT molecular complexity index is 1320. The van der Waals surface area contributed by atoms with Crippen LogP contribution in [0.25, 0.3) is 0 Å². The first-order chi connectivity index (χ1) is 21.0. The molecule has 0 aliphatic carbocycles. The number of aryl methyl sites for hydroxylation is 1. The number of rotatable bonds is 7. The minimum absolute atomic E-state index is 0. The molecule has 14 nitrogen and oxygen atoms in total. The molecule has 4 N–H and O–H groups in total. The summed E-state index contributed by atoms with van der Waals surface area (Å²) in [6, 6.07) is 27.6. The number of nitrogens with zero attached hydrogens (tertiary/aromatic N) is 4. The number of hydrogen-bond acceptors (Lipinski definition) is 8. The summed E-state index contributed by atoms with van der Waals surface area (Å²) in [5.41, 5.74) is 4.39. The van der Waals surface area contributed by atoms with Gasteiger partial charge >= 0.3 is 0 Å². The maximum Gasteiger partial charge on any atom is 0.291 e. The Morgan fingerprint density at radius 1 is 0.689 bits per heavy atom. The van der Waals surface area contributed by atoms with E-state index in [9.17, 15) is 9.59 Å². The molecule has 0 unspecified atom stereocenters. The number of amides is 2. The number of pyridine rings is 2. The first-order valence-corrected chi connectivity index (χ1v) is 13.0. The summed E-state index contributed by atoms with van der Waals surface area (Å²) in [4.78, 5) is 46.7. The van der Waals surface area contributed by atoms with Gasteiger partial charge in [-0.3, -0.25) is 19.6 Å². The standard InChI is InChI=1S/C14H14N2O.C10H13NO.C6H7N.Cu.2HNO3/c17-14(13-7-9-15-10-8-13)16-11-6-12-4-2-1-3-5-12;1-9(12)11-8-7-10-5-3-2-4-6-10;1-6-2-4-7-5-3-6;;2*2-1(3)4/h1-5,7-10H,6,11H2,(H,16,17);2-6H,7-8H2,1H3,(H,11,12);2-5H,1H3;;2*(H,2,3,4). The van der Waals surface area contributed by atoms with Gasteiger partial charge in [0.1, 0.15) is 0 Å². The maximum atomic E-state index is 11.7. The van der Waals surface area contributed by atoms with E-state index in [4.69, 9.17) is 30.6 Å². The molecule has 15 heteroatoms. The summed E-state index contributed by atoms with van der Waals surface area (Å²) in [7, 11) is 0. The number of aromatic nitrogens is 2. The molecule has 2 aromatic heterocycles. The fourth-order valence-electron chi connectivity index (χ4n) is 3.02. The van der Waals surface area contributed by atoms with Crippen LogP contribution in [-0.2, 0) is 34.7 Å². The molecule has 4 aromatic rings. The van der Waals surface area contributed by atoms with E-state index in [-0.39, 0.29) is 28.9 Å². The summed E-state index contributed by atoms with van der Waals surface area (Å²) in [5, 5.41) is 32.9. The van der Waals surface area contributed by atoms with Crippen molar-refractivity contribution < 1.29 is 47.2 Å². The molecule has 1 radical (unpaired) electrons. The first kappa shape index (κ1) is 41.7. The summed E-state index contributed by atoms with van der Waals surface area (Å²) < 4.78 is 0. The van der Waals surface area contributed by atoms with Crippen molar-refractivity contribution in [1.29, 1.82) is 0 Å². The molecule has 2 heterocycles. The Morgan fingerprint density at radius 3 is 1.38 bits per heavy atom. The Kier molecular flexibility index (Phi) is 25.4. The van der Waals surface area contributed by atoms with Crippen molar-refractivity contribution in [3.05, 3.63) is 152 Å². The molecule has 2 amide bonds. The van der Waals surface area contributed by atoms with Crippen LogP contribution in [0.4, 0.5) is 0 Å². The second-order valence-electron chi connectivity index (χ2n) is 8.45. The van der Waals surface area contributed by atoms with Gasteiger partial charge in [-0.15, -0.1) is 20.2 Å². The van der Waals surface area contributed by atoms with Crippen LogP contribution in [0.15, 0.2) is 110 Å². The van der Waals surface area contributed by atoms with E-state index in [2.05, 4.69) is 44.9 Å². The first-order valence-electron chi connectivity index (χ1n) is 13.0.